The summed E-state index contributed by atoms with van der Waals surface area (Å²) in [5.74, 6) is 0.0264. The first-order chi connectivity index (χ1) is 18.2. The van der Waals surface area contributed by atoms with Gasteiger partial charge >= 0.3 is 6.09 Å². The van der Waals surface area contributed by atoms with Crippen LogP contribution in [0.2, 0.25) is 0 Å². The Kier molecular flexibility index (Phi) is 11.1. The third-order valence-corrected chi connectivity index (χ3v) is 7.33. The smallest absolute Gasteiger partial charge is 0.407 e. The molecule has 38 heavy (non-hydrogen) atoms. The minimum absolute atomic E-state index is 0.0264. The van der Waals surface area contributed by atoms with Crippen LogP contribution in [-0.2, 0) is 27.8 Å². The number of alkyl carbamates (subject to hydrolysis) is 1. The van der Waals surface area contributed by atoms with Crippen molar-refractivity contribution in [3.05, 3.63) is 113 Å². The number of aliphatic hydroxyl groups is 1. The summed E-state index contributed by atoms with van der Waals surface area (Å²) in [7, 11) is -3.84. The molecular formula is C30H36N2O5S. The molecule has 3 aromatic rings. The minimum Gasteiger partial charge on any atom is -0.445 e. The van der Waals surface area contributed by atoms with Gasteiger partial charge in [0, 0.05) is 18.5 Å². The van der Waals surface area contributed by atoms with Gasteiger partial charge in [0.1, 0.15) is 6.61 Å². The largest absolute Gasteiger partial charge is 0.445 e. The molecule has 0 aromatic heterocycles. The molecule has 0 radical (unpaired) electrons. The molecule has 7 nitrogen and oxygen atoms in total. The first-order valence-electron chi connectivity index (χ1n) is 12.7. The van der Waals surface area contributed by atoms with E-state index in [4.69, 9.17) is 4.74 Å². The van der Waals surface area contributed by atoms with Crippen molar-refractivity contribution in [2.75, 3.05) is 13.1 Å². The third kappa shape index (κ3) is 9.78. The number of carbonyl (C=O) groups excluding carboxylic acids is 1. The molecule has 2 unspecified atom stereocenters. The third-order valence-electron chi connectivity index (χ3n) is 5.83. The van der Waals surface area contributed by atoms with Crippen LogP contribution in [0.25, 0.3) is 6.08 Å². The Balaban J connectivity index is 1.75. The van der Waals surface area contributed by atoms with E-state index in [0.29, 0.717) is 6.42 Å². The number of amides is 1. The Hall–Kier alpha value is -3.46. The summed E-state index contributed by atoms with van der Waals surface area (Å²) < 4.78 is 33.1. The number of nitrogens with one attached hydrogen (secondary N) is 1. The summed E-state index contributed by atoms with van der Waals surface area (Å²) in [6.45, 7) is 3.94. The number of hydrogen-bond donors (Lipinski definition) is 2. The fourth-order valence-corrected chi connectivity index (χ4v) is 5.28. The zero-order valence-electron chi connectivity index (χ0n) is 21.8. The van der Waals surface area contributed by atoms with Crippen molar-refractivity contribution in [2.24, 2.45) is 5.92 Å². The van der Waals surface area contributed by atoms with Gasteiger partial charge in [0.15, 0.2) is 0 Å². The van der Waals surface area contributed by atoms with E-state index in [2.05, 4.69) is 5.32 Å². The lowest BCUT2D eigenvalue weighted by molar-refractivity contribution is 0.0875. The van der Waals surface area contributed by atoms with Gasteiger partial charge in [-0.2, -0.15) is 4.31 Å². The summed E-state index contributed by atoms with van der Waals surface area (Å²) in [4.78, 5) is 12.7. The predicted octanol–water partition coefficient (Wildman–Crippen LogP) is 4.84. The molecule has 0 heterocycles. The molecular weight excluding hydrogens is 500 g/mol. The second-order valence-corrected chi connectivity index (χ2v) is 11.4. The molecule has 0 aliphatic heterocycles. The maximum Gasteiger partial charge on any atom is 0.407 e. The number of sulfonamides is 1. The lowest BCUT2D eigenvalue weighted by atomic mass is 10.0. The first-order valence-corrected chi connectivity index (χ1v) is 14.2. The van der Waals surface area contributed by atoms with Gasteiger partial charge in [0.05, 0.1) is 12.1 Å². The SMILES string of the molecule is CC(C)CN(CC(O)C(Cc1ccccc1)NC(=O)OCc1ccccc1)S(=O)(=O)/C=C/c1ccccc1. The van der Waals surface area contributed by atoms with E-state index >= 15 is 0 Å². The molecule has 0 saturated heterocycles. The van der Waals surface area contributed by atoms with Crippen LogP contribution < -0.4 is 5.32 Å². The average Bonchev–Trinajstić information content (AvgIpc) is 2.91. The van der Waals surface area contributed by atoms with Crippen LogP contribution in [0, 0.1) is 5.92 Å². The molecule has 202 valence electrons. The number of ether oxygens (including phenoxy) is 1. The second kappa shape index (κ2) is 14.5. The molecule has 2 N–H and O–H groups in total. The lowest BCUT2D eigenvalue weighted by Crippen LogP contribution is -2.51. The number of hydrogen-bond acceptors (Lipinski definition) is 5. The topological polar surface area (TPSA) is 95.9 Å². The molecule has 3 rings (SSSR count). The van der Waals surface area contributed by atoms with Crippen LogP contribution >= 0.6 is 0 Å². The summed E-state index contributed by atoms with van der Waals surface area (Å²) in [6.07, 6.45) is -0.0256. The Morgan fingerprint density at radius 1 is 0.895 bits per heavy atom. The van der Waals surface area contributed by atoms with Crippen LogP contribution in [0.3, 0.4) is 0 Å². The van der Waals surface area contributed by atoms with Crippen molar-refractivity contribution in [1.82, 2.24) is 9.62 Å². The molecule has 0 spiro atoms. The Labute approximate surface area is 225 Å². The highest BCUT2D eigenvalue weighted by Gasteiger charge is 2.29. The van der Waals surface area contributed by atoms with E-state index < -0.39 is 28.3 Å². The fraction of sp³-hybridized carbons (Fsp3) is 0.300. The number of benzene rings is 3. The van der Waals surface area contributed by atoms with Crippen molar-refractivity contribution in [2.45, 2.75) is 39.0 Å². The highest BCUT2D eigenvalue weighted by Crippen LogP contribution is 2.15. The maximum absolute atomic E-state index is 13.3. The lowest BCUT2D eigenvalue weighted by Gasteiger charge is -2.29. The molecule has 8 heteroatoms. The number of aliphatic hydroxyl groups excluding tert-OH is 1. The van der Waals surface area contributed by atoms with Crippen molar-refractivity contribution < 1.29 is 23.1 Å². The van der Waals surface area contributed by atoms with E-state index in [9.17, 15) is 18.3 Å². The monoisotopic (exact) mass is 536 g/mol. The van der Waals surface area contributed by atoms with E-state index in [1.54, 1.807) is 0 Å². The summed E-state index contributed by atoms with van der Waals surface area (Å²) in [5.41, 5.74) is 2.48. The normalized spacial score (nSPS) is 13.5. The van der Waals surface area contributed by atoms with Gasteiger partial charge in [-0.25, -0.2) is 13.2 Å². The van der Waals surface area contributed by atoms with Crippen LogP contribution in [0.5, 0.6) is 0 Å². The van der Waals surface area contributed by atoms with Crippen molar-refractivity contribution in [3.8, 4) is 0 Å². The van der Waals surface area contributed by atoms with Gasteiger partial charge in [-0.1, -0.05) is 105 Å². The van der Waals surface area contributed by atoms with Crippen molar-refractivity contribution in [1.29, 1.82) is 0 Å². The van der Waals surface area contributed by atoms with E-state index in [-0.39, 0.29) is 25.6 Å². The van der Waals surface area contributed by atoms with Gasteiger partial charge in [-0.15, -0.1) is 0 Å². The quantitative estimate of drug-likeness (QED) is 0.326. The van der Waals surface area contributed by atoms with Gasteiger partial charge in [-0.3, -0.25) is 0 Å². The zero-order chi connectivity index (χ0) is 27.4. The Morgan fingerprint density at radius 2 is 1.45 bits per heavy atom. The highest BCUT2D eigenvalue weighted by atomic mass is 32.2. The average molecular weight is 537 g/mol. The van der Waals surface area contributed by atoms with Gasteiger partial charge in [0.25, 0.3) is 0 Å². The van der Waals surface area contributed by atoms with Crippen molar-refractivity contribution in [3.63, 3.8) is 0 Å². The first kappa shape index (κ1) is 29.1. The van der Waals surface area contributed by atoms with Crippen LogP contribution in [0.15, 0.2) is 96.4 Å². The molecule has 0 bridgehead atoms. The molecule has 0 aliphatic rings. The van der Waals surface area contributed by atoms with Crippen LogP contribution in [0.1, 0.15) is 30.5 Å². The summed E-state index contributed by atoms with van der Waals surface area (Å²) in [5, 5.41) is 15.1. The fourth-order valence-electron chi connectivity index (χ4n) is 3.91. The molecule has 0 saturated carbocycles. The molecule has 2 atom stereocenters. The van der Waals surface area contributed by atoms with Gasteiger partial charge < -0.3 is 15.2 Å². The maximum atomic E-state index is 13.3. The summed E-state index contributed by atoms with van der Waals surface area (Å²) >= 11 is 0. The Bertz CT molecular complexity index is 1250. The number of carbonyl (C=O) groups is 1. The predicted molar refractivity (Wildman–Crippen MR) is 151 cm³/mol. The molecule has 1 amide bonds. The number of rotatable bonds is 13. The Morgan fingerprint density at radius 3 is 2.03 bits per heavy atom. The van der Waals surface area contributed by atoms with E-state index in [0.717, 1.165) is 22.1 Å². The van der Waals surface area contributed by atoms with Crippen molar-refractivity contribution >= 4 is 22.2 Å². The minimum atomic E-state index is -3.84. The second-order valence-electron chi connectivity index (χ2n) is 9.54. The molecule has 3 aromatic carbocycles. The van der Waals surface area contributed by atoms with E-state index in [1.807, 2.05) is 105 Å². The van der Waals surface area contributed by atoms with Gasteiger partial charge in [-0.05, 0) is 35.1 Å². The van der Waals surface area contributed by atoms with E-state index in [1.165, 1.54) is 10.4 Å². The van der Waals surface area contributed by atoms with Crippen LogP contribution in [-0.4, -0.2) is 49.2 Å². The zero-order valence-corrected chi connectivity index (χ0v) is 22.6. The number of nitrogens with zero attached hydrogens (tertiary/aromatic N) is 1. The molecule has 0 aliphatic carbocycles. The van der Waals surface area contributed by atoms with Crippen LogP contribution in [0.4, 0.5) is 4.79 Å². The summed E-state index contributed by atoms with van der Waals surface area (Å²) in [6, 6.07) is 27.1. The molecule has 0 fully saturated rings. The van der Waals surface area contributed by atoms with Gasteiger partial charge in [0.2, 0.25) is 10.0 Å². The highest BCUT2D eigenvalue weighted by molar-refractivity contribution is 7.92. The standard InChI is InChI=1S/C30H36N2O5S/c1-24(2)21-32(38(35,36)19-18-25-12-6-3-7-13-25)22-29(33)28(20-26-14-8-4-9-15-26)31-30(34)37-23-27-16-10-5-11-17-27/h3-19,24,28-29,33H,20-23H2,1-2H3,(H,31,34)/b19-18+.